The van der Waals surface area contributed by atoms with Gasteiger partial charge in [-0.2, -0.15) is 0 Å². The van der Waals surface area contributed by atoms with E-state index in [9.17, 15) is 25.5 Å². The third kappa shape index (κ3) is 4.78. The smallest absolute Gasteiger partial charge is 0.219 e. The summed E-state index contributed by atoms with van der Waals surface area (Å²) < 4.78 is 16.6. The summed E-state index contributed by atoms with van der Waals surface area (Å²) in [6.07, 6.45) is -4.83. The van der Waals surface area contributed by atoms with Crippen LogP contribution in [0.4, 0.5) is 0 Å². The van der Waals surface area contributed by atoms with E-state index in [0.29, 0.717) is 30.2 Å². The third-order valence-corrected chi connectivity index (χ3v) is 6.28. The highest BCUT2D eigenvalue weighted by molar-refractivity contribution is 6.31. The first-order valence-corrected chi connectivity index (χ1v) is 10.9. The van der Waals surface area contributed by atoms with Crippen molar-refractivity contribution in [2.24, 2.45) is 0 Å². The number of benzene rings is 2. The Hall–Kier alpha value is -1.75. The van der Waals surface area contributed by atoms with Crippen molar-refractivity contribution in [2.75, 3.05) is 19.8 Å². The molecular formula is C23H27ClO8. The molecule has 4 rings (SSSR count). The molecule has 0 saturated carbocycles. The molecule has 2 aliphatic heterocycles. The van der Waals surface area contributed by atoms with E-state index in [0.717, 1.165) is 23.3 Å². The number of aliphatic hydroxyl groups excluding tert-OH is 4. The van der Waals surface area contributed by atoms with Gasteiger partial charge in [0.05, 0.1) is 19.8 Å². The van der Waals surface area contributed by atoms with Gasteiger partial charge in [-0.25, -0.2) is 0 Å². The highest BCUT2D eigenvalue weighted by Crippen LogP contribution is 2.38. The summed E-state index contributed by atoms with van der Waals surface area (Å²) in [4.78, 5) is 0. The van der Waals surface area contributed by atoms with E-state index >= 15 is 0 Å². The van der Waals surface area contributed by atoms with Crippen LogP contribution in [0.5, 0.6) is 5.75 Å². The van der Waals surface area contributed by atoms with Crippen LogP contribution in [0.25, 0.3) is 0 Å². The van der Waals surface area contributed by atoms with E-state index in [1.807, 2.05) is 24.3 Å². The molecule has 0 amide bonds. The lowest BCUT2D eigenvalue weighted by atomic mass is 9.88. The van der Waals surface area contributed by atoms with Crippen LogP contribution >= 0.6 is 11.6 Å². The molecule has 0 bridgehead atoms. The van der Waals surface area contributed by atoms with Crippen LogP contribution in [0.3, 0.4) is 0 Å². The van der Waals surface area contributed by atoms with Gasteiger partial charge < -0.3 is 39.7 Å². The molecule has 2 fully saturated rings. The molecule has 2 aliphatic rings. The fraction of sp³-hybridized carbons (Fsp3) is 0.478. The lowest BCUT2D eigenvalue weighted by Crippen LogP contribution is -2.63. The van der Waals surface area contributed by atoms with E-state index in [1.165, 1.54) is 0 Å². The zero-order chi connectivity index (χ0) is 22.9. The van der Waals surface area contributed by atoms with Gasteiger partial charge in [-0.05, 0) is 41.3 Å². The van der Waals surface area contributed by atoms with E-state index in [2.05, 4.69) is 0 Å². The van der Waals surface area contributed by atoms with Gasteiger partial charge in [-0.3, -0.25) is 0 Å². The molecule has 32 heavy (non-hydrogen) atoms. The molecule has 6 atom stereocenters. The Bertz CT molecular complexity index is 917. The summed E-state index contributed by atoms with van der Waals surface area (Å²) in [7, 11) is 0. The predicted molar refractivity (Wildman–Crippen MR) is 114 cm³/mol. The Morgan fingerprint density at radius 2 is 1.81 bits per heavy atom. The fourth-order valence-corrected chi connectivity index (χ4v) is 4.18. The van der Waals surface area contributed by atoms with Gasteiger partial charge in [-0.15, -0.1) is 0 Å². The number of halogens is 1. The number of ether oxygens (including phenoxy) is 3. The molecule has 2 aromatic carbocycles. The standard InChI is InChI=1S/C23H27ClO8/c24-18-6-3-14(21-19(26)20(27)22(28)23(29,12-25)32-21)10-15(18)9-13-1-4-16(5-2-13)31-17-7-8-30-11-17/h1-6,10,17,19-22,25-29H,7-9,11-12H2/t17-,19+,20+,21-,22-,23+/m0/s1. The number of rotatable bonds is 6. The third-order valence-electron chi connectivity index (χ3n) is 5.91. The molecule has 0 aliphatic carbocycles. The summed E-state index contributed by atoms with van der Waals surface area (Å²) in [6, 6.07) is 12.6. The quantitative estimate of drug-likeness (QED) is 0.425. The molecule has 0 aromatic heterocycles. The van der Waals surface area contributed by atoms with Crippen molar-refractivity contribution in [2.45, 2.75) is 49.1 Å². The monoisotopic (exact) mass is 466 g/mol. The zero-order valence-electron chi connectivity index (χ0n) is 17.3. The molecule has 174 valence electrons. The zero-order valence-corrected chi connectivity index (χ0v) is 18.1. The van der Waals surface area contributed by atoms with Gasteiger partial charge in [0, 0.05) is 11.4 Å². The van der Waals surface area contributed by atoms with Gasteiger partial charge in [-0.1, -0.05) is 35.9 Å². The molecule has 0 spiro atoms. The van der Waals surface area contributed by atoms with Crippen LogP contribution in [-0.4, -0.2) is 75.6 Å². The second-order valence-corrected chi connectivity index (χ2v) is 8.65. The van der Waals surface area contributed by atoms with Crippen LogP contribution in [0.2, 0.25) is 5.02 Å². The van der Waals surface area contributed by atoms with Crippen LogP contribution < -0.4 is 4.74 Å². The maximum atomic E-state index is 10.4. The average Bonchev–Trinajstić information content (AvgIpc) is 3.31. The Morgan fingerprint density at radius 3 is 2.47 bits per heavy atom. The first-order chi connectivity index (χ1) is 15.3. The van der Waals surface area contributed by atoms with E-state index < -0.39 is 36.8 Å². The van der Waals surface area contributed by atoms with E-state index in [-0.39, 0.29) is 6.10 Å². The minimum atomic E-state index is -2.40. The highest BCUT2D eigenvalue weighted by Gasteiger charge is 2.52. The maximum Gasteiger partial charge on any atom is 0.219 e. The predicted octanol–water partition coefficient (Wildman–Crippen LogP) is 0.933. The van der Waals surface area contributed by atoms with Crippen molar-refractivity contribution in [3.8, 4) is 5.75 Å². The fourth-order valence-electron chi connectivity index (χ4n) is 4.00. The lowest BCUT2D eigenvalue weighted by Gasteiger charge is -2.45. The minimum Gasteiger partial charge on any atom is -0.488 e. The first-order valence-electron chi connectivity index (χ1n) is 10.5. The molecular weight excluding hydrogens is 440 g/mol. The molecule has 8 nitrogen and oxygen atoms in total. The average molecular weight is 467 g/mol. The summed E-state index contributed by atoms with van der Waals surface area (Å²) >= 11 is 6.38. The van der Waals surface area contributed by atoms with Crippen molar-refractivity contribution in [3.05, 3.63) is 64.2 Å². The van der Waals surface area contributed by atoms with Gasteiger partial charge in [0.15, 0.2) is 0 Å². The second-order valence-electron chi connectivity index (χ2n) is 8.24. The number of hydrogen-bond donors (Lipinski definition) is 5. The molecule has 2 aromatic rings. The largest absolute Gasteiger partial charge is 0.488 e. The van der Waals surface area contributed by atoms with Crippen LogP contribution in [0.15, 0.2) is 42.5 Å². The molecule has 0 radical (unpaired) electrons. The van der Waals surface area contributed by atoms with Crippen LogP contribution in [0, 0.1) is 0 Å². The summed E-state index contributed by atoms with van der Waals surface area (Å²) in [5.41, 5.74) is 2.16. The van der Waals surface area contributed by atoms with E-state index in [4.69, 9.17) is 25.8 Å². The van der Waals surface area contributed by atoms with Gasteiger partial charge in [0.25, 0.3) is 0 Å². The lowest BCUT2D eigenvalue weighted by molar-refractivity contribution is -0.357. The van der Waals surface area contributed by atoms with Crippen molar-refractivity contribution < 1.29 is 39.7 Å². The Balaban J connectivity index is 1.51. The molecule has 2 saturated heterocycles. The van der Waals surface area contributed by atoms with E-state index in [1.54, 1.807) is 18.2 Å². The maximum absolute atomic E-state index is 10.4. The second kappa shape index (κ2) is 9.62. The molecule has 9 heteroatoms. The van der Waals surface area contributed by atoms with Crippen LogP contribution in [0.1, 0.15) is 29.2 Å². The number of hydrogen-bond acceptors (Lipinski definition) is 8. The SMILES string of the molecule is OC[C@@]1(O)O[C@@H](c2ccc(Cl)c(Cc3ccc(O[C@H]4CCOC4)cc3)c2)[C@H](O)[C@@H](O)[C@@H]1O. The summed E-state index contributed by atoms with van der Waals surface area (Å²) in [5, 5.41) is 50.7. The topological polar surface area (TPSA) is 129 Å². The van der Waals surface area contributed by atoms with Crippen molar-refractivity contribution in [1.82, 2.24) is 0 Å². The molecule has 5 N–H and O–H groups in total. The summed E-state index contributed by atoms with van der Waals surface area (Å²) in [6.45, 7) is 0.357. The van der Waals surface area contributed by atoms with Crippen LogP contribution in [-0.2, 0) is 15.9 Å². The first kappa shape index (κ1) is 23.4. The van der Waals surface area contributed by atoms with Crippen molar-refractivity contribution in [3.63, 3.8) is 0 Å². The normalized spacial score (nSPS) is 32.8. The van der Waals surface area contributed by atoms with Gasteiger partial charge in [0.2, 0.25) is 5.79 Å². The van der Waals surface area contributed by atoms with Crippen molar-refractivity contribution in [1.29, 1.82) is 0 Å². The Labute approximate surface area is 190 Å². The van der Waals surface area contributed by atoms with Gasteiger partial charge >= 0.3 is 0 Å². The molecule has 2 heterocycles. The van der Waals surface area contributed by atoms with Gasteiger partial charge in [0.1, 0.15) is 36.3 Å². The Kier molecular flexibility index (Phi) is 7.04. The summed E-state index contributed by atoms with van der Waals surface area (Å²) in [5.74, 6) is -1.64. The number of aliphatic hydroxyl groups is 5. The molecule has 0 unspecified atom stereocenters. The Morgan fingerprint density at radius 1 is 1.06 bits per heavy atom. The minimum absolute atomic E-state index is 0.0698. The highest BCUT2D eigenvalue weighted by atomic mass is 35.5. The van der Waals surface area contributed by atoms with Crippen molar-refractivity contribution >= 4 is 11.6 Å².